The smallest absolute Gasteiger partial charge is 0.0620 e. The summed E-state index contributed by atoms with van der Waals surface area (Å²) in [6.07, 6.45) is 0. The fourth-order valence-electron chi connectivity index (χ4n) is 1.89. The van der Waals surface area contributed by atoms with Gasteiger partial charge in [0.2, 0.25) is 0 Å². The Morgan fingerprint density at radius 3 is 2.28 bits per heavy atom. The molecule has 0 unspecified atom stereocenters. The zero-order chi connectivity index (χ0) is 13.1. The van der Waals surface area contributed by atoms with Crippen LogP contribution in [0.5, 0.6) is 0 Å². The van der Waals surface area contributed by atoms with Crippen molar-refractivity contribution in [3.05, 3.63) is 53.6 Å². The van der Waals surface area contributed by atoms with E-state index in [9.17, 15) is 0 Å². The average Bonchev–Trinajstić information content (AvgIpc) is 2.34. The van der Waals surface area contributed by atoms with Gasteiger partial charge < -0.3 is 11.1 Å². The van der Waals surface area contributed by atoms with E-state index < -0.39 is 0 Å². The maximum Gasteiger partial charge on any atom is 0.0620 e. The van der Waals surface area contributed by atoms with Crippen LogP contribution in [-0.2, 0) is 0 Å². The maximum absolute atomic E-state index is 5.95. The molecule has 0 aliphatic heterocycles. The summed E-state index contributed by atoms with van der Waals surface area (Å²) in [5.41, 5.74) is 11.3. The summed E-state index contributed by atoms with van der Waals surface area (Å²) < 4.78 is 0. The minimum atomic E-state index is 0.558. The third-order valence-electron chi connectivity index (χ3n) is 3.07. The summed E-state index contributed by atoms with van der Waals surface area (Å²) in [4.78, 5) is 0. The van der Waals surface area contributed by atoms with Gasteiger partial charge in [-0.3, -0.25) is 0 Å². The largest absolute Gasteiger partial charge is 0.397 e. The molecule has 94 valence electrons. The molecule has 0 aromatic heterocycles. The predicted octanol–water partition coefficient (Wildman–Crippen LogP) is 4.44. The van der Waals surface area contributed by atoms with Crippen LogP contribution in [0.2, 0.25) is 0 Å². The van der Waals surface area contributed by atoms with Gasteiger partial charge in [-0.05, 0) is 48.2 Å². The monoisotopic (exact) mass is 240 g/mol. The van der Waals surface area contributed by atoms with Crippen molar-refractivity contribution in [2.75, 3.05) is 11.1 Å². The Morgan fingerprint density at radius 2 is 1.67 bits per heavy atom. The summed E-state index contributed by atoms with van der Waals surface area (Å²) in [7, 11) is 0. The van der Waals surface area contributed by atoms with Crippen molar-refractivity contribution in [1.82, 2.24) is 0 Å². The minimum absolute atomic E-state index is 0.558. The molecule has 0 aliphatic carbocycles. The first-order chi connectivity index (χ1) is 8.56. The summed E-state index contributed by atoms with van der Waals surface area (Å²) in [6.45, 7) is 6.45. The fourth-order valence-corrected chi connectivity index (χ4v) is 1.89. The molecular formula is C16H20N2. The van der Waals surface area contributed by atoms with Crippen LogP contribution < -0.4 is 11.1 Å². The van der Waals surface area contributed by atoms with E-state index >= 15 is 0 Å². The number of anilines is 3. The van der Waals surface area contributed by atoms with Gasteiger partial charge in [0, 0.05) is 5.69 Å². The van der Waals surface area contributed by atoms with E-state index in [0.717, 1.165) is 17.1 Å². The molecule has 0 fully saturated rings. The van der Waals surface area contributed by atoms with E-state index in [2.05, 4.69) is 56.4 Å². The van der Waals surface area contributed by atoms with Crippen LogP contribution in [-0.4, -0.2) is 0 Å². The molecule has 0 aliphatic rings. The first kappa shape index (κ1) is 12.5. The number of benzene rings is 2. The van der Waals surface area contributed by atoms with Crippen LogP contribution in [0.15, 0.2) is 42.5 Å². The fraction of sp³-hybridized carbons (Fsp3) is 0.250. The van der Waals surface area contributed by atoms with Crippen molar-refractivity contribution < 1.29 is 0 Å². The SMILES string of the molecule is Cc1ccc(N)c(Nc2ccc(C(C)C)cc2)c1. The van der Waals surface area contributed by atoms with E-state index in [-0.39, 0.29) is 0 Å². The lowest BCUT2D eigenvalue weighted by molar-refractivity contribution is 0.867. The van der Waals surface area contributed by atoms with Crippen LogP contribution in [0.1, 0.15) is 30.9 Å². The highest BCUT2D eigenvalue weighted by Gasteiger charge is 2.02. The molecule has 0 amide bonds. The second kappa shape index (κ2) is 5.13. The van der Waals surface area contributed by atoms with Gasteiger partial charge in [-0.2, -0.15) is 0 Å². The lowest BCUT2D eigenvalue weighted by atomic mass is 10.0. The van der Waals surface area contributed by atoms with Gasteiger partial charge in [0.1, 0.15) is 0 Å². The Morgan fingerprint density at radius 1 is 1.00 bits per heavy atom. The van der Waals surface area contributed by atoms with Crippen LogP contribution in [0.25, 0.3) is 0 Å². The van der Waals surface area contributed by atoms with E-state index in [1.165, 1.54) is 11.1 Å². The molecule has 3 N–H and O–H groups in total. The summed E-state index contributed by atoms with van der Waals surface area (Å²) in [5.74, 6) is 0.558. The van der Waals surface area contributed by atoms with E-state index in [1.54, 1.807) is 0 Å². The third kappa shape index (κ3) is 2.83. The Bertz CT molecular complexity index is 527. The maximum atomic E-state index is 5.95. The predicted molar refractivity (Wildman–Crippen MR) is 79.4 cm³/mol. The molecule has 0 heterocycles. The Kier molecular flexibility index (Phi) is 3.56. The molecule has 2 aromatic carbocycles. The van der Waals surface area contributed by atoms with Gasteiger partial charge >= 0.3 is 0 Å². The lowest BCUT2D eigenvalue weighted by Crippen LogP contribution is -1.97. The molecule has 0 saturated heterocycles. The highest BCUT2D eigenvalue weighted by molar-refractivity contribution is 5.73. The number of nitrogens with two attached hydrogens (primary N) is 1. The third-order valence-corrected chi connectivity index (χ3v) is 3.07. The highest BCUT2D eigenvalue weighted by atomic mass is 14.9. The van der Waals surface area contributed by atoms with Crippen molar-refractivity contribution in [3.8, 4) is 0 Å². The Balaban J connectivity index is 2.21. The summed E-state index contributed by atoms with van der Waals surface area (Å²) >= 11 is 0. The molecule has 2 heteroatoms. The number of hydrogen-bond donors (Lipinski definition) is 2. The Labute approximate surface area is 109 Å². The molecule has 0 radical (unpaired) electrons. The molecule has 2 nitrogen and oxygen atoms in total. The molecule has 0 bridgehead atoms. The van der Waals surface area contributed by atoms with Crippen LogP contribution in [0.3, 0.4) is 0 Å². The molecule has 2 aromatic rings. The van der Waals surface area contributed by atoms with Gasteiger partial charge in [-0.1, -0.05) is 32.0 Å². The number of hydrogen-bond acceptors (Lipinski definition) is 2. The zero-order valence-electron chi connectivity index (χ0n) is 11.2. The van der Waals surface area contributed by atoms with E-state index in [0.29, 0.717) is 5.92 Å². The van der Waals surface area contributed by atoms with Gasteiger partial charge in [-0.25, -0.2) is 0 Å². The lowest BCUT2D eigenvalue weighted by Gasteiger charge is -2.11. The van der Waals surface area contributed by atoms with Gasteiger partial charge in [0.05, 0.1) is 11.4 Å². The van der Waals surface area contributed by atoms with Gasteiger partial charge in [0.25, 0.3) is 0 Å². The summed E-state index contributed by atoms with van der Waals surface area (Å²) in [6, 6.07) is 14.5. The second-order valence-corrected chi connectivity index (χ2v) is 4.99. The van der Waals surface area contributed by atoms with Crippen molar-refractivity contribution in [2.45, 2.75) is 26.7 Å². The molecule has 0 saturated carbocycles. The average molecular weight is 240 g/mol. The van der Waals surface area contributed by atoms with Crippen LogP contribution in [0.4, 0.5) is 17.1 Å². The Hall–Kier alpha value is -1.96. The van der Waals surface area contributed by atoms with Crippen LogP contribution >= 0.6 is 0 Å². The zero-order valence-corrected chi connectivity index (χ0v) is 11.2. The van der Waals surface area contributed by atoms with Gasteiger partial charge in [-0.15, -0.1) is 0 Å². The number of aryl methyl sites for hydroxylation is 1. The molecule has 0 atom stereocenters. The highest BCUT2D eigenvalue weighted by Crippen LogP contribution is 2.25. The molecular weight excluding hydrogens is 220 g/mol. The van der Waals surface area contributed by atoms with Crippen molar-refractivity contribution in [1.29, 1.82) is 0 Å². The standard InChI is InChI=1S/C16H20N2/c1-11(2)13-5-7-14(8-6-13)18-16-10-12(3)4-9-15(16)17/h4-11,18H,17H2,1-3H3. The molecule has 2 rings (SSSR count). The van der Waals surface area contributed by atoms with E-state index in [1.807, 2.05) is 12.1 Å². The topological polar surface area (TPSA) is 38.0 Å². The summed E-state index contributed by atoms with van der Waals surface area (Å²) in [5, 5.41) is 3.35. The quantitative estimate of drug-likeness (QED) is 0.778. The van der Waals surface area contributed by atoms with Crippen LogP contribution in [0, 0.1) is 6.92 Å². The number of nitrogens with one attached hydrogen (secondary N) is 1. The minimum Gasteiger partial charge on any atom is -0.397 e. The van der Waals surface area contributed by atoms with E-state index in [4.69, 9.17) is 5.73 Å². The number of rotatable bonds is 3. The normalized spacial score (nSPS) is 10.7. The molecule has 0 spiro atoms. The molecule has 18 heavy (non-hydrogen) atoms. The van der Waals surface area contributed by atoms with Crippen molar-refractivity contribution in [3.63, 3.8) is 0 Å². The first-order valence-corrected chi connectivity index (χ1v) is 6.29. The van der Waals surface area contributed by atoms with Gasteiger partial charge in [0.15, 0.2) is 0 Å². The van der Waals surface area contributed by atoms with Crippen molar-refractivity contribution in [2.24, 2.45) is 0 Å². The second-order valence-electron chi connectivity index (χ2n) is 4.99. The first-order valence-electron chi connectivity index (χ1n) is 6.29. The number of nitrogen functional groups attached to an aromatic ring is 1. The van der Waals surface area contributed by atoms with Crippen molar-refractivity contribution >= 4 is 17.1 Å².